The van der Waals surface area contributed by atoms with Crippen LogP contribution in [0.15, 0.2) is 94.9 Å². The van der Waals surface area contributed by atoms with Gasteiger partial charge in [0.05, 0.1) is 46.3 Å². The van der Waals surface area contributed by atoms with Crippen LogP contribution in [0.3, 0.4) is 0 Å². The summed E-state index contributed by atoms with van der Waals surface area (Å²) < 4.78 is 34.2. The first-order valence-corrected chi connectivity index (χ1v) is 18.6. The van der Waals surface area contributed by atoms with Crippen LogP contribution in [-0.2, 0) is 12.8 Å². The summed E-state index contributed by atoms with van der Waals surface area (Å²) in [6.07, 6.45) is 13.2. The van der Waals surface area contributed by atoms with E-state index in [4.69, 9.17) is 22.8 Å². The van der Waals surface area contributed by atoms with Crippen LogP contribution in [0.1, 0.15) is 116 Å². The van der Waals surface area contributed by atoms with Crippen molar-refractivity contribution < 1.29 is 28.6 Å². The van der Waals surface area contributed by atoms with E-state index >= 15 is 8.78 Å². The molecule has 0 spiro atoms. The maximum absolute atomic E-state index is 15.3. The van der Waals surface area contributed by atoms with Crippen molar-refractivity contribution >= 4 is 23.4 Å². The fourth-order valence-electron chi connectivity index (χ4n) is 7.89. The Morgan fingerprint density at radius 2 is 1.03 bits per heavy atom. The molecule has 286 valence electrons. The minimum atomic E-state index is -1.23. The van der Waals surface area contributed by atoms with Crippen molar-refractivity contribution in [3.8, 4) is 36.1 Å². The summed E-state index contributed by atoms with van der Waals surface area (Å²) in [6.45, 7) is 3.49. The zero-order chi connectivity index (χ0) is 40.8. The van der Waals surface area contributed by atoms with Gasteiger partial charge in [-0.15, -0.1) is 12.8 Å². The van der Waals surface area contributed by atoms with Gasteiger partial charge in [0.15, 0.2) is 11.4 Å². The largest absolute Gasteiger partial charge is 0.476 e. The minimum Gasteiger partial charge on any atom is -0.476 e. The molecule has 2 atom stereocenters. The molecule has 58 heavy (non-hydrogen) atoms. The highest BCUT2D eigenvalue weighted by Crippen LogP contribution is 2.37. The van der Waals surface area contributed by atoms with Crippen molar-refractivity contribution in [1.82, 2.24) is 19.1 Å². The first-order chi connectivity index (χ1) is 28.0. The topological polar surface area (TPSA) is 135 Å². The SMILES string of the molecule is C#Cc1ccc2c(c1)C(c1ccccc1F)=NC(C)c1c(C(=O)O)nc(CCCCc3nc(C(=O)O)c4n3-c3ccc(C#C)cc3C(c3ccccc3F)=N[C@H]4C)n1-2. The van der Waals surface area contributed by atoms with Gasteiger partial charge in [0, 0.05) is 46.2 Å². The molecular weight excluding hydrogens is 739 g/mol. The van der Waals surface area contributed by atoms with Gasteiger partial charge in [-0.3, -0.25) is 19.1 Å². The Morgan fingerprint density at radius 3 is 1.40 bits per heavy atom. The van der Waals surface area contributed by atoms with Crippen LogP contribution in [-0.4, -0.2) is 52.7 Å². The monoisotopic (exact) mass is 772 g/mol. The first-order valence-electron chi connectivity index (χ1n) is 18.6. The standard InChI is InChI=1S/C46H34F2N6O4/c1-5-27-19-21-35-31(23-27)39(29-13-7-9-15-33(29)47)49-25(3)43-41(45(55)56)51-37(53(35)43)17-11-12-18-38-52-42(46(57)58)44-26(4)50-40(30-14-8-10-16-34(30)48)32-24-28(6-2)20-22-36(32)54(38)44/h1-2,7-10,13-16,19-26H,11-12,17-18H2,3-4H3,(H,55,56)(H,57,58)/t25-,26?/m0/s1. The molecule has 4 heterocycles. The Morgan fingerprint density at radius 1 is 0.638 bits per heavy atom. The second kappa shape index (κ2) is 14.9. The lowest BCUT2D eigenvalue weighted by Crippen LogP contribution is -2.12. The van der Waals surface area contributed by atoms with E-state index in [9.17, 15) is 19.8 Å². The lowest BCUT2D eigenvalue weighted by molar-refractivity contribution is 0.0678. The molecule has 2 N–H and O–H groups in total. The van der Waals surface area contributed by atoms with E-state index in [1.54, 1.807) is 95.8 Å². The molecule has 8 rings (SSSR count). The molecule has 6 aromatic rings. The molecule has 0 amide bonds. The molecule has 1 unspecified atom stereocenters. The van der Waals surface area contributed by atoms with Crippen LogP contribution >= 0.6 is 0 Å². The summed E-state index contributed by atoms with van der Waals surface area (Å²) in [4.78, 5) is 44.3. The number of carboxylic acids is 2. The van der Waals surface area contributed by atoms with Crippen molar-refractivity contribution in [3.63, 3.8) is 0 Å². The molecule has 2 aliphatic heterocycles. The Labute approximate surface area is 332 Å². The second-order valence-electron chi connectivity index (χ2n) is 14.0. The molecule has 2 aromatic heterocycles. The molecule has 0 aliphatic carbocycles. The zero-order valence-electron chi connectivity index (χ0n) is 31.4. The van der Waals surface area contributed by atoms with Crippen LogP contribution in [0.25, 0.3) is 11.4 Å². The van der Waals surface area contributed by atoms with E-state index < -0.39 is 35.7 Å². The van der Waals surface area contributed by atoms with Crippen LogP contribution in [0.2, 0.25) is 0 Å². The van der Waals surface area contributed by atoms with Crippen molar-refractivity contribution in [2.24, 2.45) is 9.98 Å². The van der Waals surface area contributed by atoms with Crippen LogP contribution in [0, 0.1) is 36.3 Å². The summed E-state index contributed by atoms with van der Waals surface area (Å²) in [6, 6.07) is 21.5. The molecule has 0 saturated heterocycles. The van der Waals surface area contributed by atoms with Gasteiger partial charge in [0.1, 0.15) is 23.3 Å². The lowest BCUT2D eigenvalue weighted by atomic mass is 9.98. The molecule has 12 heteroatoms. The average Bonchev–Trinajstić information content (AvgIpc) is 3.73. The summed E-state index contributed by atoms with van der Waals surface area (Å²) in [7, 11) is 0. The molecule has 10 nitrogen and oxygen atoms in total. The quantitative estimate of drug-likeness (QED) is 0.113. The zero-order valence-corrected chi connectivity index (χ0v) is 31.4. The summed E-state index contributed by atoms with van der Waals surface area (Å²) in [5.74, 6) is 2.74. The van der Waals surface area contributed by atoms with Crippen molar-refractivity contribution in [2.75, 3.05) is 0 Å². The van der Waals surface area contributed by atoms with E-state index in [1.807, 2.05) is 0 Å². The molecular formula is C46H34F2N6O4. The highest BCUT2D eigenvalue weighted by molar-refractivity contribution is 6.16. The number of aryl methyl sites for hydroxylation is 2. The number of hydrogen-bond acceptors (Lipinski definition) is 6. The molecule has 4 aromatic carbocycles. The van der Waals surface area contributed by atoms with E-state index in [0.717, 1.165) is 0 Å². The van der Waals surface area contributed by atoms with Gasteiger partial charge in [-0.2, -0.15) is 0 Å². The Balaban J connectivity index is 1.17. The van der Waals surface area contributed by atoms with Crippen LogP contribution in [0.5, 0.6) is 0 Å². The number of carbonyl (C=O) groups is 2. The number of halogens is 2. The molecule has 0 radical (unpaired) electrons. The van der Waals surface area contributed by atoms with Crippen LogP contribution < -0.4 is 0 Å². The summed E-state index contributed by atoms with van der Waals surface area (Å²) >= 11 is 0. The fraction of sp³-hybridized carbons (Fsp3) is 0.174. The number of nitrogens with zero attached hydrogens (tertiary/aromatic N) is 6. The van der Waals surface area contributed by atoms with Crippen molar-refractivity contribution in [3.05, 3.63) is 164 Å². The van der Waals surface area contributed by atoms with Gasteiger partial charge in [-0.25, -0.2) is 28.3 Å². The molecule has 0 fully saturated rings. The number of hydrogen-bond donors (Lipinski definition) is 2. The third kappa shape index (κ3) is 6.35. The highest BCUT2D eigenvalue weighted by atomic mass is 19.1. The van der Waals surface area contributed by atoms with Crippen molar-refractivity contribution in [2.45, 2.75) is 51.6 Å². The maximum Gasteiger partial charge on any atom is 0.356 e. The lowest BCUT2D eigenvalue weighted by Gasteiger charge is -2.16. The molecule has 0 saturated carbocycles. The maximum atomic E-state index is 15.3. The number of fused-ring (bicyclic) bond motifs is 6. The second-order valence-corrected chi connectivity index (χ2v) is 14.0. The highest BCUT2D eigenvalue weighted by Gasteiger charge is 2.34. The molecule has 0 bridgehead atoms. The van der Waals surface area contributed by atoms with E-state index in [1.165, 1.54) is 12.1 Å². The van der Waals surface area contributed by atoms with Gasteiger partial charge >= 0.3 is 11.9 Å². The summed E-state index contributed by atoms with van der Waals surface area (Å²) in [5, 5.41) is 20.7. The minimum absolute atomic E-state index is 0.166. The first kappa shape index (κ1) is 37.5. The third-order valence-electron chi connectivity index (χ3n) is 10.4. The number of rotatable bonds is 9. The Bertz CT molecular complexity index is 2660. The van der Waals surface area contributed by atoms with Crippen molar-refractivity contribution in [1.29, 1.82) is 0 Å². The van der Waals surface area contributed by atoms with Gasteiger partial charge in [-0.1, -0.05) is 36.1 Å². The third-order valence-corrected chi connectivity index (χ3v) is 10.4. The number of aliphatic imine (C=N–C) groups is 2. The molecule has 2 aliphatic rings. The number of aromatic carboxylic acids is 2. The smallest absolute Gasteiger partial charge is 0.356 e. The van der Waals surface area contributed by atoms with E-state index in [-0.39, 0.29) is 22.5 Å². The number of terminal acetylenes is 2. The Kier molecular flexibility index (Phi) is 9.63. The predicted molar refractivity (Wildman–Crippen MR) is 214 cm³/mol. The average molecular weight is 773 g/mol. The van der Waals surface area contributed by atoms with E-state index in [0.29, 0.717) is 93.8 Å². The van der Waals surface area contributed by atoms with Gasteiger partial charge < -0.3 is 10.2 Å². The van der Waals surface area contributed by atoms with E-state index in [2.05, 4.69) is 21.8 Å². The predicted octanol–water partition coefficient (Wildman–Crippen LogP) is 8.08. The van der Waals surface area contributed by atoms with Crippen LogP contribution in [0.4, 0.5) is 8.78 Å². The number of benzene rings is 4. The van der Waals surface area contributed by atoms with Gasteiger partial charge in [-0.05, 0) is 87.4 Å². The fourth-order valence-corrected chi connectivity index (χ4v) is 7.89. The number of carboxylic acid groups (broad SMARTS) is 2. The van der Waals surface area contributed by atoms with Gasteiger partial charge in [0.2, 0.25) is 0 Å². The van der Waals surface area contributed by atoms with Gasteiger partial charge in [0.25, 0.3) is 0 Å². The summed E-state index contributed by atoms with van der Waals surface area (Å²) in [5.41, 5.74) is 4.78. The number of unbranched alkanes of at least 4 members (excludes halogenated alkanes) is 1. The number of aromatic nitrogens is 4. The number of imidazole rings is 2. The Hall–Kier alpha value is -7.44. The normalized spacial score (nSPS) is 15.3.